The quantitative estimate of drug-likeness (QED) is 0.477. The summed E-state index contributed by atoms with van der Waals surface area (Å²) in [6.45, 7) is 5.11. The number of likely N-dealkylation sites (N-methyl/N-ethyl adjacent to an activating group) is 1. The number of hydrogen-bond donors (Lipinski definition) is 2. The zero-order chi connectivity index (χ0) is 14.1. The molecule has 0 atom stereocenters. The molecule has 0 spiro atoms. The van der Waals surface area contributed by atoms with Gasteiger partial charge < -0.3 is 20.1 Å². The molecule has 0 aromatic rings. The monoisotopic (exact) mass is 258 g/mol. The molecule has 0 unspecified atom stereocenters. The Morgan fingerprint density at radius 2 is 1.78 bits per heavy atom. The van der Waals surface area contributed by atoms with Gasteiger partial charge in [-0.2, -0.15) is 0 Å². The minimum Gasteiger partial charge on any atom is -0.478 e. The first kappa shape index (κ1) is 16.6. The third kappa shape index (κ3) is 7.03. The lowest BCUT2D eigenvalue weighted by Gasteiger charge is -2.10. The van der Waals surface area contributed by atoms with Crippen LogP contribution in [0.4, 0.5) is 0 Å². The number of carboxylic acids is 1. The van der Waals surface area contributed by atoms with Gasteiger partial charge in [0.15, 0.2) is 0 Å². The Morgan fingerprint density at radius 3 is 2.28 bits per heavy atom. The Labute approximate surface area is 108 Å². The van der Waals surface area contributed by atoms with Gasteiger partial charge in [-0.1, -0.05) is 0 Å². The van der Waals surface area contributed by atoms with Crippen molar-refractivity contribution >= 4 is 11.9 Å². The van der Waals surface area contributed by atoms with Crippen LogP contribution in [0, 0.1) is 0 Å². The summed E-state index contributed by atoms with van der Waals surface area (Å²) in [4.78, 5) is 24.2. The number of carboxylic acid groups (broad SMARTS) is 1. The highest BCUT2D eigenvalue weighted by Crippen LogP contribution is 2.02. The number of ether oxygens (including phenoxy) is 1. The van der Waals surface area contributed by atoms with Crippen LogP contribution in [0.5, 0.6) is 0 Å². The fourth-order valence-electron chi connectivity index (χ4n) is 1.05. The number of rotatable bonds is 8. The summed E-state index contributed by atoms with van der Waals surface area (Å²) in [6, 6.07) is 0. The second-order valence-electron chi connectivity index (χ2n) is 4.23. The van der Waals surface area contributed by atoms with E-state index < -0.39 is 5.97 Å². The predicted molar refractivity (Wildman–Crippen MR) is 68.4 cm³/mol. The number of hydrogen-bond acceptors (Lipinski definition) is 4. The normalized spacial score (nSPS) is 12.3. The summed E-state index contributed by atoms with van der Waals surface area (Å²) in [5.74, 6) is -1.45. The summed E-state index contributed by atoms with van der Waals surface area (Å²) < 4.78 is 5.29. The van der Waals surface area contributed by atoms with E-state index >= 15 is 0 Å². The maximum absolute atomic E-state index is 11.5. The Morgan fingerprint density at radius 1 is 1.17 bits per heavy atom. The number of carbonyl (C=O) groups is 2. The van der Waals surface area contributed by atoms with Gasteiger partial charge in [0.05, 0.1) is 13.2 Å². The van der Waals surface area contributed by atoms with E-state index in [0.29, 0.717) is 19.8 Å². The Bertz CT molecular complexity index is 324. The molecule has 0 aliphatic rings. The molecule has 0 saturated carbocycles. The van der Waals surface area contributed by atoms with E-state index in [1.807, 2.05) is 19.0 Å². The molecule has 6 nitrogen and oxygen atoms in total. The van der Waals surface area contributed by atoms with Crippen molar-refractivity contribution in [3.63, 3.8) is 0 Å². The van der Waals surface area contributed by atoms with E-state index in [1.165, 1.54) is 13.8 Å². The van der Waals surface area contributed by atoms with Crippen molar-refractivity contribution in [2.45, 2.75) is 13.8 Å². The van der Waals surface area contributed by atoms with Gasteiger partial charge in [-0.3, -0.25) is 4.79 Å². The molecule has 18 heavy (non-hydrogen) atoms. The van der Waals surface area contributed by atoms with Crippen LogP contribution in [-0.4, -0.2) is 62.3 Å². The second kappa shape index (κ2) is 8.66. The van der Waals surface area contributed by atoms with Crippen LogP contribution in [0.15, 0.2) is 11.1 Å². The van der Waals surface area contributed by atoms with Crippen LogP contribution >= 0.6 is 0 Å². The number of amides is 1. The molecule has 6 heteroatoms. The molecule has 2 N–H and O–H groups in total. The average Bonchev–Trinajstić information content (AvgIpc) is 2.30. The third-order valence-electron chi connectivity index (χ3n) is 2.44. The fraction of sp³-hybridized carbons (Fsp3) is 0.667. The van der Waals surface area contributed by atoms with Gasteiger partial charge in [-0.15, -0.1) is 0 Å². The highest BCUT2D eigenvalue weighted by molar-refractivity contribution is 6.01. The maximum atomic E-state index is 11.5. The number of nitrogens with zero attached hydrogens (tertiary/aromatic N) is 1. The van der Waals surface area contributed by atoms with Crippen LogP contribution in [0.25, 0.3) is 0 Å². The van der Waals surface area contributed by atoms with Crippen LogP contribution in [0.1, 0.15) is 13.8 Å². The van der Waals surface area contributed by atoms with Gasteiger partial charge in [0.2, 0.25) is 5.91 Å². The van der Waals surface area contributed by atoms with Gasteiger partial charge in [0.25, 0.3) is 0 Å². The molecular formula is C12H22N2O4. The zero-order valence-corrected chi connectivity index (χ0v) is 11.4. The fourth-order valence-corrected chi connectivity index (χ4v) is 1.05. The van der Waals surface area contributed by atoms with Crippen molar-refractivity contribution in [1.29, 1.82) is 0 Å². The molecule has 1 amide bonds. The average molecular weight is 258 g/mol. The minimum atomic E-state index is -1.08. The van der Waals surface area contributed by atoms with E-state index in [4.69, 9.17) is 9.84 Å². The first-order chi connectivity index (χ1) is 8.36. The summed E-state index contributed by atoms with van der Waals surface area (Å²) in [5.41, 5.74) is 0.275. The van der Waals surface area contributed by atoms with E-state index in [0.717, 1.165) is 6.54 Å². The minimum absolute atomic E-state index is 0.0565. The zero-order valence-electron chi connectivity index (χ0n) is 11.4. The van der Waals surface area contributed by atoms with Gasteiger partial charge in [0, 0.05) is 24.2 Å². The van der Waals surface area contributed by atoms with Crippen LogP contribution in [-0.2, 0) is 14.3 Å². The van der Waals surface area contributed by atoms with Gasteiger partial charge in [-0.05, 0) is 27.9 Å². The van der Waals surface area contributed by atoms with Crippen LogP contribution in [0.3, 0.4) is 0 Å². The highest BCUT2D eigenvalue weighted by Gasteiger charge is 2.11. The van der Waals surface area contributed by atoms with Gasteiger partial charge >= 0.3 is 5.97 Å². The maximum Gasteiger partial charge on any atom is 0.331 e. The van der Waals surface area contributed by atoms with Gasteiger partial charge in [-0.25, -0.2) is 4.79 Å². The lowest BCUT2D eigenvalue weighted by atomic mass is 10.1. The summed E-state index contributed by atoms with van der Waals surface area (Å²) >= 11 is 0. The van der Waals surface area contributed by atoms with E-state index in [1.54, 1.807) is 0 Å². The molecule has 0 aromatic heterocycles. The highest BCUT2D eigenvalue weighted by atomic mass is 16.5. The molecule has 0 saturated heterocycles. The van der Waals surface area contributed by atoms with Crippen molar-refractivity contribution in [1.82, 2.24) is 10.2 Å². The SMILES string of the molecule is CC(C(=O)O)=C(C)C(=O)NCCOCCN(C)C. The first-order valence-electron chi connectivity index (χ1n) is 5.77. The molecular weight excluding hydrogens is 236 g/mol. The molecule has 0 fully saturated rings. The van der Waals surface area contributed by atoms with Crippen LogP contribution in [0.2, 0.25) is 0 Å². The number of aliphatic carboxylic acids is 1. The Kier molecular flexibility index (Phi) is 7.98. The molecule has 0 aliphatic heterocycles. The van der Waals surface area contributed by atoms with E-state index in [9.17, 15) is 9.59 Å². The molecule has 0 rings (SSSR count). The molecule has 0 aromatic carbocycles. The summed E-state index contributed by atoms with van der Waals surface area (Å²) in [7, 11) is 3.90. The second-order valence-corrected chi connectivity index (χ2v) is 4.23. The van der Waals surface area contributed by atoms with Crippen LogP contribution < -0.4 is 5.32 Å². The standard InChI is InChI=1S/C12H22N2O4/c1-9(10(2)12(16)17)11(15)13-5-7-18-8-6-14(3)4/h5-8H2,1-4H3,(H,13,15)(H,16,17). The largest absolute Gasteiger partial charge is 0.478 e. The number of nitrogens with one attached hydrogen (secondary N) is 1. The van der Waals surface area contributed by atoms with Crippen molar-refractivity contribution in [3.8, 4) is 0 Å². The van der Waals surface area contributed by atoms with Crippen molar-refractivity contribution in [2.24, 2.45) is 0 Å². The molecule has 0 heterocycles. The van der Waals surface area contributed by atoms with E-state index in [-0.39, 0.29) is 17.1 Å². The third-order valence-corrected chi connectivity index (χ3v) is 2.44. The molecule has 0 radical (unpaired) electrons. The smallest absolute Gasteiger partial charge is 0.331 e. The number of carbonyl (C=O) groups excluding carboxylic acids is 1. The molecule has 0 bridgehead atoms. The lowest BCUT2D eigenvalue weighted by molar-refractivity contribution is -0.133. The first-order valence-corrected chi connectivity index (χ1v) is 5.77. The Hall–Kier alpha value is -1.40. The van der Waals surface area contributed by atoms with Crippen molar-refractivity contribution in [3.05, 3.63) is 11.1 Å². The van der Waals surface area contributed by atoms with Crippen molar-refractivity contribution < 1.29 is 19.4 Å². The van der Waals surface area contributed by atoms with Crippen molar-refractivity contribution in [2.75, 3.05) is 40.4 Å². The summed E-state index contributed by atoms with van der Waals surface area (Å²) in [5, 5.41) is 11.3. The summed E-state index contributed by atoms with van der Waals surface area (Å²) in [6.07, 6.45) is 0. The van der Waals surface area contributed by atoms with Gasteiger partial charge in [0.1, 0.15) is 0 Å². The molecule has 104 valence electrons. The Balaban J connectivity index is 3.85. The molecule has 0 aliphatic carbocycles. The predicted octanol–water partition coefficient (Wildman–Crippen LogP) is 0.102. The lowest BCUT2D eigenvalue weighted by Crippen LogP contribution is -2.29. The van der Waals surface area contributed by atoms with E-state index in [2.05, 4.69) is 5.32 Å². The topological polar surface area (TPSA) is 78.9 Å².